The summed E-state index contributed by atoms with van der Waals surface area (Å²) in [6.07, 6.45) is 2.52. The average Bonchev–Trinajstić information content (AvgIpc) is 3.06. The first-order valence-electron chi connectivity index (χ1n) is 10.6. The number of methoxy groups -OCH3 is 1. The standard InChI is InChI=1S/C25H31N3O4/c1-6-17(2)20-7-9-23(10-8-20)27-24(29)16-32-25(30)22(15-26)14-21-13-18(3)28(19(21)4)11-12-31-5/h7-10,13-14,17H,6,11-12,16H2,1-5H3,(H,27,29)/b22-14+. The lowest BCUT2D eigenvalue weighted by molar-refractivity contribution is -0.142. The van der Waals surface area contributed by atoms with Crippen LogP contribution in [0.15, 0.2) is 35.9 Å². The van der Waals surface area contributed by atoms with Gasteiger partial charge in [-0.15, -0.1) is 0 Å². The largest absolute Gasteiger partial charge is 0.451 e. The van der Waals surface area contributed by atoms with Gasteiger partial charge in [0, 0.05) is 30.7 Å². The first kappa shape index (κ1) is 24.9. The lowest BCUT2D eigenvalue weighted by Gasteiger charge is -2.10. The normalized spacial score (nSPS) is 12.2. The molecule has 1 N–H and O–H groups in total. The number of nitrogens with one attached hydrogen (secondary N) is 1. The highest BCUT2D eigenvalue weighted by Crippen LogP contribution is 2.21. The minimum absolute atomic E-state index is 0.164. The SMILES string of the molecule is CCC(C)c1ccc(NC(=O)COC(=O)/C(C#N)=C/c2cc(C)n(CCOC)c2C)cc1. The lowest BCUT2D eigenvalue weighted by Crippen LogP contribution is -2.21. The molecule has 7 nitrogen and oxygen atoms in total. The number of aryl methyl sites for hydroxylation is 1. The Labute approximate surface area is 189 Å². The second-order valence-electron chi connectivity index (χ2n) is 7.70. The molecule has 0 aliphatic rings. The molecule has 1 heterocycles. The number of anilines is 1. The van der Waals surface area contributed by atoms with Gasteiger partial charge < -0.3 is 19.4 Å². The van der Waals surface area contributed by atoms with E-state index in [2.05, 4.69) is 23.7 Å². The number of nitriles is 1. The van der Waals surface area contributed by atoms with E-state index >= 15 is 0 Å². The molecule has 0 saturated heterocycles. The van der Waals surface area contributed by atoms with Crippen molar-refractivity contribution in [2.75, 3.05) is 25.6 Å². The van der Waals surface area contributed by atoms with Crippen molar-refractivity contribution in [3.63, 3.8) is 0 Å². The minimum atomic E-state index is -0.837. The summed E-state index contributed by atoms with van der Waals surface area (Å²) < 4.78 is 12.2. The smallest absolute Gasteiger partial charge is 0.349 e. The van der Waals surface area contributed by atoms with Crippen LogP contribution in [0.1, 0.15) is 48.7 Å². The third kappa shape index (κ3) is 6.56. The molecule has 0 aliphatic carbocycles. The Bertz CT molecular complexity index is 1010. The molecule has 7 heteroatoms. The summed E-state index contributed by atoms with van der Waals surface area (Å²) in [5, 5.41) is 12.1. The van der Waals surface area contributed by atoms with Crippen LogP contribution in [-0.4, -0.2) is 36.8 Å². The van der Waals surface area contributed by atoms with Crippen LogP contribution in [0.4, 0.5) is 5.69 Å². The third-order valence-corrected chi connectivity index (χ3v) is 5.48. The highest BCUT2D eigenvalue weighted by atomic mass is 16.5. The molecule has 1 unspecified atom stereocenters. The minimum Gasteiger partial charge on any atom is -0.451 e. The van der Waals surface area contributed by atoms with Crippen molar-refractivity contribution < 1.29 is 19.1 Å². The monoisotopic (exact) mass is 437 g/mol. The topological polar surface area (TPSA) is 93.4 Å². The molecule has 0 saturated carbocycles. The first-order valence-corrected chi connectivity index (χ1v) is 10.6. The molecule has 1 aromatic carbocycles. The Morgan fingerprint density at radius 2 is 1.94 bits per heavy atom. The van der Waals surface area contributed by atoms with Crippen LogP contribution in [0.2, 0.25) is 0 Å². The van der Waals surface area contributed by atoms with E-state index in [1.54, 1.807) is 7.11 Å². The van der Waals surface area contributed by atoms with E-state index in [0.717, 1.165) is 23.4 Å². The van der Waals surface area contributed by atoms with Gasteiger partial charge in [-0.3, -0.25) is 4.79 Å². The van der Waals surface area contributed by atoms with Crippen LogP contribution >= 0.6 is 0 Å². The molecule has 170 valence electrons. The van der Waals surface area contributed by atoms with Crippen LogP contribution < -0.4 is 5.32 Å². The van der Waals surface area contributed by atoms with Crippen LogP contribution in [0, 0.1) is 25.2 Å². The Balaban J connectivity index is 1.99. The Morgan fingerprint density at radius 1 is 1.25 bits per heavy atom. The fraction of sp³-hybridized carbons (Fsp3) is 0.400. The summed E-state index contributed by atoms with van der Waals surface area (Å²) in [5.41, 5.74) is 4.31. The Morgan fingerprint density at radius 3 is 2.53 bits per heavy atom. The molecule has 0 spiro atoms. The molecular weight excluding hydrogens is 406 g/mol. The van der Waals surface area contributed by atoms with Crippen molar-refractivity contribution in [1.29, 1.82) is 5.26 Å². The maximum absolute atomic E-state index is 12.3. The predicted octanol–water partition coefficient (Wildman–Crippen LogP) is 4.35. The molecular formula is C25H31N3O4. The van der Waals surface area contributed by atoms with Gasteiger partial charge in [0.1, 0.15) is 11.6 Å². The number of carbonyl (C=O) groups is 2. The molecule has 2 aromatic rings. The van der Waals surface area contributed by atoms with Crippen molar-refractivity contribution in [2.45, 2.75) is 46.6 Å². The zero-order valence-electron chi connectivity index (χ0n) is 19.4. The second-order valence-corrected chi connectivity index (χ2v) is 7.70. The Kier molecular flexibility index (Phi) is 9.23. The van der Waals surface area contributed by atoms with Gasteiger partial charge >= 0.3 is 5.97 Å². The lowest BCUT2D eigenvalue weighted by atomic mass is 9.99. The maximum atomic E-state index is 12.3. The number of amides is 1. The van der Waals surface area contributed by atoms with Crippen LogP contribution in [0.25, 0.3) is 6.08 Å². The van der Waals surface area contributed by atoms with E-state index in [0.29, 0.717) is 24.8 Å². The fourth-order valence-corrected chi connectivity index (χ4v) is 3.33. The van der Waals surface area contributed by atoms with Gasteiger partial charge in [0.2, 0.25) is 0 Å². The zero-order chi connectivity index (χ0) is 23.7. The molecule has 0 fully saturated rings. The highest BCUT2D eigenvalue weighted by Gasteiger charge is 2.16. The molecule has 2 rings (SSSR count). The number of hydrogen-bond acceptors (Lipinski definition) is 5. The maximum Gasteiger partial charge on any atom is 0.349 e. The van der Waals surface area contributed by atoms with E-state index in [1.807, 2.05) is 50.2 Å². The van der Waals surface area contributed by atoms with E-state index in [1.165, 1.54) is 11.6 Å². The molecule has 1 atom stereocenters. The molecule has 0 radical (unpaired) electrons. The van der Waals surface area contributed by atoms with Crippen LogP contribution in [0.3, 0.4) is 0 Å². The van der Waals surface area contributed by atoms with Gasteiger partial charge in [-0.2, -0.15) is 5.26 Å². The van der Waals surface area contributed by atoms with Gasteiger partial charge in [-0.05, 0) is 61.6 Å². The van der Waals surface area contributed by atoms with Crippen molar-refractivity contribution in [2.24, 2.45) is 0 Å². The second kappa shape index (κ2) is 11.9. The van der Waals surface area contributed by atoms with E-state index in [4.69, 9.17) is 9.47 Å². The van der Waals surface area contributed by atoms with Gasteiger partial charge in [-0.25, -0.2) is 4.79 Å². The number of aromatic nitrogens is 1. The number of ether oxygens (including phenoxy) is 2. The highest BCUT2D eigenvalue weighted by molar-refractivity contribution is 6.00. The van der Waals surface area contributed by atoms with E-state index < -0.39 is 18.5 Å². The predicted molar refractivity (Wildman–Crippen MR) is 124 cm³/mol. The summed E-state index contributed by atoms with van der Waals surface area (Å²) in [5.74, 6) is -0.859. The van der Waals surface area contributed by atoms with E-state index in [9.17, 15) is 14.9 Å². The molecule has 1 amide bonds. The molecule has 1 aromatic heterocycles. The summed E-state index contributed by atoms with van der Waals surface area (Å²) in [7, 11) is 1.64. The zero-order valence-corrected chi connectivity index (χ0v) is 19.4. The quantitative estimate of drug-likeness (QED) is 0.339. The molecule has 0 bridgehead atoms. The van der Waals surface area contributed by atoms with Gasteiger partial charge in [0.05, 0.1) is 6.61 Å². The number of hydrogen-bond donors (Lipinski definition) is 1. The third-order valence-electron chi connectivity index (χ3n) is 5.48. The molecule has 32 heavy (non-hydrogen) atoms. The Hall–Kier alpha value is -3.37. The van der Waals surface area contributed by atoms with Crippen molar-refractivity contribution >= 4 is 23.6 Å². The molecule has 0 aliphatic heterocycles. The number of esters is 1. The van der Waals surface area contributed by atoms with Crippen molar-refractivity contribution in [3.8, 4) is 6.07 Å². The summed E-state index contributed by atoms with van der Waals surface area (Å²) >= 11 is 0. The van der Waals surface area contributed by atoms with Gasteiger partial charge in [-0.1, -0.05) is 26.0 Å². The van der Waals surface area contributed by atoms with Crippen LogP contribution in [-0.2, 0) is 25.6 Å². The number of benzene rings is 1. The van der Waals surface area contributed by atoms with Crippen molar-refractivity contribution in [1.82, 2.24) is 4.57 Å². The number of nitrogens with zero attached hydrogens (tertiary/aromatic N) is 2. The fourth-order valence-electron chi connectivity index (χ4n) is 3.33. The first-order chi connectivity index (χ1) is 15.3. The van der Waals surface area contributed by atoms with Crippen LogP contribution in [0.5, 0.6) is 0 Å². The number of carbonyl (C=O) groups excluding carboxylic acids is 2. The van der Waals surface area contributed by atoms with Gasteiger partial charge in [0.25, 0.3) is 5.91 Å². The van der Waals surface area contributed by atoms with Gasteiger partial charge in [0.15, 0.2) is 6.61 Å². The van der Waals surface area contributed by atoms with Crippen molar-refractivity contribution in [3.05, 3.63) is 58.4 Å². The number of rotatable bonds is 10. The summed E-state index contributed by atoms with van der Waals surface area (Å²) in [4.78, 5) is 24.5. The average molecular weight is 438 g/mol. The summed E-state index contributed by atoms with van der Waals surface area (Å²) in [6.45, 7) is 8.88. The summed E-state index contributed by atoms with van der Waals surface area (Å²) in [6, 6.07) is 11.3. The van der Waals surface area contributed by atoms with E-state index in [-0.39, 0.29) is 5.57 Å².